The molecule has 0 atom stereocenters. The molecule has 0 saturated carbocycles. The van der Waals surface area contributed by atoms with Gasteiger partial charge < -0.3 is 4.90 Å². The van der Waals surface area contributed by atoms with Gasteiger partial charge in [-0.1, -0.05) is 12.1 Å². The van der Waals surface area contributed by atoms with Crippen LogP contribution in [0.15, 0.2) is 22.7 Å². The van der Waals surface area contributed by atoms with E-state index in [2.05, 4.69) is 15.9 Å². The number of carbonyl (C=O) groups excluding carboxylic acids is 1. The molecule has 0 unspecified atom stereocenters. The molecule has 19 heavy (non-hydrogen) atoms. The van der Waals surface area contributed by atoms with Gasteiger partial charge in [0.25, 0.3) is 5.91 Å². The summed E-state index contributed by atoms with van der Waals surface area (Å²) in [7, 11) is -2.99. The molecule has 4 nitrogen and oxygen atoms in total. The van der Waals surface area contributed by atoms with Gasteiger partial charge in [-0.05, 0) is 40.9 Å². The Balaban J connectivity index is 2.22. The number of benzene rings is 1. The standard InChI is InChI=1S/C13H16BrNO3S/c1-10-4-2-5-11(12(10)14)13(16)15-6-3-8-19(17,18)9-7-15/h2,4-5H,3,6-9H2,1H3. The monoisotopic (exact) mass is 345 g/mol. The molecule has 1 aliphatic heterocycles. The average Bonchev–Trinajstić information content (AvgIpc) is 2.53. The number of nitrogens with zero attached hydrogens (tertiary/aromatic N) is 1. The molecule has 104 valence electrons. The van der Waals surface area contributed by atoms with Crippen LogP contribution in [0, 0.1) is 6.92 Å². The number of halogens is 1. The van der Waals surface area contributed by atoms with Crippen molar-refractivity contribution in [2.24, 2.45) is 0 Å². The fourth-order valence-corrected chi connectivity index (χ4v) is 3.83. The highest BCUT2D eigenvalue weighted by atomic mass is 79.9. The van der Waals surface area contributed by atoms with Gasteiger partial charge in [-0.15, -0.1) is 0 Å². The normalized spacial score (nSPS) is 18.9. The molecule has 0 radical (unpaired) electrons. The second-order valence-corrected chi connectivity index (χ2v) is 7.83. The third-order valence-corrected chi connectivity index (χ3v) is 6.03. The van der Waals surface area contributed by atoms with E-state index < -0.39 is 9.84 Å². The third-order valence-electron chi connectivity index (χ3n) is 3.27. The van der Waals surface area contributed by atoms with Gasteiger partial charge in [-0.3, -0.25) is 4.79 Å². The van der Waals surface area contributed by atoms with Crippen LogP contribution in [0.2, 0.25) is 0 Å². The Labute approximate surface area is 121 Å². The zero-order valence-electron chi connectivity index (χ0n) is 10.7. The number of carbonyl (C=O) groups is 1. The van der Waals surface area contributed by atoms with Crippen molar-refractivity contribution in [2.75, 3.05) is 24.6 Å². The second kappa shape index (κ2) is 5.63. The zero-order chi connectivity index (χ0) is 14.0. The van der Waals surface area contributed by atoms with Crippen LogP contribution in [0.4, 0.5) is 0 Å². The van der Waals surface area contributed by atoms with Gasteiger partial charge in [-0.25, -0.2) is 8.42 Å². The van der Waals surface area contributed by atoms with E-state index in [-0.39, 0.29) is 24.0 Å². The predicted octanol–water partition coefficient (Wildman–Crippen LogP) is 2.02. The van der Waals surface area contributed by atoms with Crippen LogP contribution in [-0.4, -0.2) is 43.8 Å². The summed E-state index contributed by atoms with van der Waals surface area (Å²) in [5.74, 6) is 0.126. The maximum atomic E-state index is 12.4. The molecule has 1 heterocycles. The Morgan fingerprint density at radius 2 is 2.00 bits per heavy atom. The van der Waals surface area contributed by atoms with Crippen molar-refractivity contribution in [2.45, 2.75) is 13.3 Å². The lowest BCUT2D eigenvalue weighted by atomic mass is 10.1. The molecule has 1 aliphatic rings. The molecule has 0 N–H and O–H groups in total. The molecular formula is C13H16BrNO3S. The van der Waals surface area contributed by atoms with E-state index in [1.807, 2.05) is 19.1 Å². The van der Waals surface area contributed by atoms with Gasteiger partial charge in [-0.2, -0.15) is 0 Å². The van der Waals surface area contributed by atoms with Gasteiger partial charge >= 0.3 is 0 Å². The van der Waals surface area contributed by atoms with Gasteiger partial charge in [0.2, 0.25) is 0 Å². The molecule has 2 rings (SSSR count). The molecule has 6 heteroatoms. The number of hydrogen-bond acceptors (Lipinski definition) is 3. The van der Waals surface area contributed by atoms with Crippen LogP contribution in [0.3, 0.4) is 0 Å². The minimum absolute atomic E-state index is 0.0577. The first-order valence-electron chi connectivity index (χ1n) is 6.15. The van der Waals surface area contributed by atoms with Crippen LogP contribution in [-0.2, 0) is 9.84 Å². The van der Waals surface area contributed by atoms with Crippen molar-refractivity contribution in [3.8, 4) is 0 Å². The van der Waals surface area contributed by atoms with E-state index in [1.165, 1.54) is 0 Å². The van der Waals surface area contributed by atoms with Gasteiger partial charge in [0, 0.05) is 17.6 Å². The van der Waals surface area contributed by atoms with Crippen molar-refractivity contribution in [3.05, 3.63) is 33.8 Å². The average molecular weight is 346 g/mol. The summed E-state index contributed by atoms with van der Waals surface area (Å²) in [4.78, 5) is 14.1. The number of amides is 1. The van der Waals surface area contributed by atoms with Crippen molar-refractivity contribution >= 4 is 31.7 Å². The topological polar surface area (TPSA) is 54.5 Å². The molecule has 0 aromatic heterocycles. The van der Waals surface area contributed by atoms with E-state index >= 15 is 0 Å². The van der Waals surface area contributed by atoms with Crippen LogP contribution in [0.5, 0.6) is 0 Å². The van der Waals surface area contributed by atoms with E-state index in [0.717, 1.165) is 10.0 Å². The van der Waals surface area contributed by atoms with Crippen LogP contribution >= 0.6 is 15.9 Å². The smallest absolute Gasteiger partial charge is 0.255 e. The third kappa shape index (κ3) is 3.36. The second-order valence-electron chi connectivity index (χ2n) is 4.73. The van der Waals surface area contributed by atoms with Gasteiger partial charge in [0.1, 0.15) is 0 Å². The first-order chi connectivity index (χ1) is 8.91. The summed E-state index contributed by atoms with van der Waals surface area (Å²) in [6.07, 6.45) is 0.511. The number of aryl methyl sites for hydroxylation is 1. The van der Waals surface area contributed by atoms with E-state index in [0.29, 0.717) is 18.5 Å². The quantitative estimate of drug-likeness (QED) is 0.782. The molecule has 1 fully saturated rings. The maximum absolute atomic E-state index is 12.4. The minimum atomic E-state index is -2.99. The Hall–Kier alpha value is -0.880. The van der Waals surface area contributed by atoms with Crippen LogP contribution in [0.1, 0.15) is 22.3 Å². The number of sulfone groups is 1. The summed E-state index contributed by atoms with van der Waals surface area (Å²) in [5, 5.41) is 0. The summed E-state index contributed by atoms with van der Waals surface area (Å²) in [5.41, 5.74) is 1.59. The molecule has 1 aromatic rings. The lowest BCUT2D eigenvalue weighted by Crippen LogP contribution is -2.33. The molecule has 1 aromatic carbocycles. The van der Waals surface area contributed by atoms with E-state index in [4.69, 9.17) is 0 Å². The summed E-state index contributed by atoms with van der Waals surface area (Å²) in [6.45, 7) is 2.70. The highest BCUT2D eigenvalue weighted by molar-refractivity contribution is 9.10. The highest BCUT2D eigenvalue weighted by Crippen LogP contribution is 2.23. The van der Waals surface area contributed by atoms with Gasteiger partial charge in [0.15, 0.2) is 9.84 Å². The number of rotatable bonds is 1. The lowest BCUT2D eigenvalue weighted by Gasteiger charge is -2.20. The highest BCUT2D eigenvalue weighted by Gasteiger charge is 2.24. The Kier molecular flexibility index (Phi) is 4.30. The van der Waals surface area contributed by atoms with E-state index in [1.54, 1.807) is 11.0 Å². The van der Waals surface area contributed by atoms with Crippen molar-refractivity contribution in [3.63, 3.8) is 0 Å². The Bertz CT molecular complexity index is 598. The minimum Gasteiger partial charge on any atom is -0.338 e. The Morgan fingerprint density at radius 1 is 1.26 bits per heavy atom. The van der Waals surface area contributed by atoms with Crippen LogP contribution < -0.4 is 0 Å². The molecular weight excluding hydrogens is 330 g/mol. The Morgan fingerprint density at radius 3 is 2.74 bits per heavy atom. The largest absolute Gasteiger partial charge is 0.338 e. The fourth-order valence-electron chi connectivity index (χ4n) is 2.12. The van der Waals surface area contributed by atoms with Gasteiger partial charge in [0.05, 0.1) is 17.1 Å². The van der Waals surface area contributed by atoms with Crippen molar-refractivity contribution in [1.82, 2.24) is 4.90 Å². The molecule has 0 spiro atoms. The van der Waals surface area contributed by atoms with Crippen molar-refractivity contribution in [1.29, 1.82) is 0 Å². The lowest BCUT2D eigenvalue weighted by molar-refractivity contribution is 0.0767. The zero-order valence-corrected chi connectivity index (χ0v) is 13.1. The number of hydrogen-bond donors (Lipinski definition) is 0. The first-order valence-corrected chi connectivity index (χ1v) is 8.77. The molecule has 1 saturated heterocycles. The molecule has 0 aliphatic carbocycles. The predicted molar refractivity (Wildman–Crippen MR) is 78.1 cm³/mol. The fraction of sp³-hybridized carbons (Fsp3) is 0.462. The van der Waals surface area contributed by atoms with Crippen LogP contribution in [0.25, 0.3) is 0 Å². The first kappa shape index (κ1) is 14.5. The summed E-state index contributed by atoms with van der Waals surface area (Å²) in [6, 6.07) is 5.52. The molecule has 1 amide bonds. The maximum Gasteiger partial charge on any atom is 0.255 e. The van der Waals surface area contributed by atoms with Crippen molar-refractivity contribution < 1.29 is 13.2 Å². The summed E-state index contributed by atoms with van der Waals surface area (Å²) >= 11 is 3.42. The molecule has 0 bridgehead atoms. The SMILES string of the molecule is Cc1cccc(C(=O)N2CCCS(=O)(=O)CC2)c1Br. The van der Waals surface area contributed by atoms with E-state index in [9.17, 15) is 13.2 Å². The summed E-state index contributed by atoms with van der Waals surface area (Å²) < 4.78 is 23.9.